The third-order valence-electron chi connectivity index (χ3n) is 3.93. The second-order valence-corrected chi connectivity index (χ2v) is 6.33. The van der Waals surface area contributed by atoms with Crippen LogP contribution in [0.3, 0.4) is 0 Å². The van der Waals surface area contributed by atoms with Crippen molar-refractivity contribution < 1.29 is 4.39 Å². The van der Waals surface area contributed by atoms with Crippen LogP contribution in [0.25, 0.3) is 0 Å². The van der Waals surface area contributed by atoms with Gasteiger partial charge in [-0.15, -0.1) is 0 Å². The maximum absolute atomic E-state index is 13.2. The van der Waals surface area contributed by atoms with Gasteiger partial charge in [0.05, 0.1) is 0 Å². The van der Waals surface area contributed by atoms with Crippen LogP contribution in [0.1, 0.15) is 32.3 Å². The molecule has 1 aromatic carbocycles. The molecule has 0 fully saturated rings. The highest BCUT2D eigenvalue weighted by atomic mass is 79.9. The fraction of sp³-hybridized carbons (Fsp3) is 0.625. The highest BCUT2D eigenvalue weighted by Gasteiger charge is 2.20. The number of halogens is 2. The topological polar surface area (TPSA) is 15.3 Å². The van der Waals surface area contributed by atoms with Crippen LogP contribution in [0.15, 0.2) is 22.7 Å². The summed E-state index contributed by atoms with van der Waals surface area (Å²) >= 11 is 3.47. The van der Waals surface area contributed by atoms with Crippen LogP contribution in [0.4, 0.5) is 4.39 Å². The molecule has 4 heteroatoms. The fourth-order valence-corrected chi connectivity index (χ4v) is 3.02. The Morgan fingerprint density at radius 3 is 2.45 bits per heavy atom. The molecule has 0 spiro atoms. The molecule has 1 atom stereocenters. The van der Waals surface area contributed by atoms with Gasteiger partial charge in [0.1, 0.15) is 5.82 Å². The summed E-state index contributed by atoms with van der Waals surface area (Å²) in [7, 11) is 4.26. The Labute approximate surface area is 130 Å². The summed E-state index contributed by atoms with van der Waals surface area (Å²) in [6.07, 6.45) is 2.37. The van der Waals surface area contributed by atoms with Gasteiger partial charge in [-0.25, -0.2) is 4.39 Å². The minimum absolute atomic E-state index is 0.186. The van der Waals surface area contributed by atoms with Crippen molar-refractivity contribution in [1.82, 2.24) is 10.2 Å². The van der Waals surface area contributed by atoms with E-state index in [-0.39, 0.29) is 5.82 Å². The Hall–Kier alpha value is -0.450. The van der Waals surface area contributed by atoms with Crippen molar-refractivity contribution in [3.05, 3.63) is 34.1 Å². The molecule has 0 bridgehead atoms. The van der Waals surface area contributed by atoms with Gasteiger partial charge in [0.25, 0.3) is 0 Å². The molecule has 0 aromatic heterocycles. The number of hydrogen-bond donors (Lipinski definition) is 1. The average Bonchev–Trinajstić information content (AvgIpc) is 2.41. The van der Waals surface area contributed by atoms with Gasteiger partial charge in [-0.05, 0) is 43.8 Å². The molecule has 114 valence electrons. The van der Waals surface area contributed by atoms with Crippen LogP contribution < -0.4 is 5.32 Å². The largest absolute Gasteiger partial charge is 0.311 e. The molecule has 0 aliphatic carbocycles. The third-order valence-corrected chi connectivity index (χ3v) is 4.71. The van der Waals surface area contributed by atoms with Crippen LogP contribution in [-0.2, 0) is 6.54 Å². The first-order chi connectivity index (χ1) is 9.49. The number of benzene rings is 1. The smallest absolute Gasteiger partial charge is 0.123 e. The van der Waals surface area contributed by atoms with E-state index in [4.69, 9.17) is 0 Å². The van der Waals surface area contributed by atoms with Crippen molar-refractivity contribution in [2.75, 3.05) is 20.6 Å². The maximum Gasteiger partial charge on any atom is 0.123 e. The van der Waals surface area contributed by atoms with Crippen LogP contribution in [0.2, 0.25) is 0 Å². The lowest BCUT2D eigenvalue weighted by Crippen LogP contribution is -2.42. The van der Waals surface area contributed by atoms with Crippen molar-refractivity contribution in [2.24, 2.45) is 5.92 Å². The van der Waals surface area contributed by atoms with E-state index in [9.17, 15) is 4.39 Å². The molecule has 1 unspecified atom stereocenters. The first-order valence-corrected chi connectivity index (χ1v) is 8.09. The number of nitrogens with one attached hydrogen (secondary N) is 1. The highest BCUT2D eigenvalue weighted by molar-refractivity contribution is 9.10. The van der Waals surface area contributed by atoms with Gasteiger partial charge in [0, 0.05) is 23.6 Å². The van der Waals surface area contributed by atoms with Crippen molar-refractivity contribution in [1.29, 1.82) is 0 Å². The summed E-state index contributed by atoms with van der Waals surface area (Å²) in [5, 5.41) is 3.46. The van der Waals surface area contributed by atoms with Crippen molar-refractivity contribution in [2.45, 2.75) is 39.3 Å². The Balaban J connectivity index is 2.58. The van der Waals surface area contributed by atoms with E-state index < -0.39 is 0 Å². The lowest BCUT2D eigenvalue weighted by molar-refractivity contribution is 0.194. The van der Waals surface area contributed by atoms with E-state index in [1.54, 1.807) is 12.1 Å². The summed E-state index contributed by atoms with van der Waals surface area (Å²) in [4.78, 5) is 2.28. The Morgan fingerprint density at radius 1 is 1.25 bits per heavy atom. The summed E-state index contributed by atoms with van der Waals surface area (Å²) in [5.74, 6) is 0.502. The van der Waals surface area contributed by atoms with Gasteiger partial charge in [0.15, 0.2) is 0 Å². The second kappa shape index (κ2) is 8.75. The number of hydrogen-bond acceptors (Lipinski definition) is 2. The second-order valence-electron chi connectivity index (χ2n) is 5.47. The lowest BCUT2D eigenvalue weighted by Gasteiger charge is -2.31. The zero-order valence-corrected chi connectivity index (χ0v) is 14.5. The first kappa shape index (κ1) is 17.6. The summed E-state index contributed by atoms with van der Waals surface area (Å²) < 4.78 is 14.2. The normalized spacial score (nSPS) is 13.2. The number of rotatable bonds is 8. The van der Waals surface area contributed by atoms with Crippen LogP contribution >= 0.6 is 15.9 Å². The Bertz CT molecular complexity index is 405. The zero-order chi connectivity index (χ0) is 15.1. The van der Waals surface area contributed by atoms with Gasteiger partial charge >= 0.3 is 0 Å². The van der Waals surface area contributed by atoms with Gasteiger partial charge in [0.2, 0.25) is 0 Å². The molecule has 1 aromatic rings. The van der Waals surface area contributed by atoms with Crippen molar-refractivity contribution in [3.8, 4) is 0 Å². The lowest BCUT2D eigenvalue weighted by atomic mass is 9.93. The SMILES string of the molecule is CCC(CC)C(CNCc1cc(F)ccc1Br)N(C)C. The molecule has 0 saturated carbocycles. The monoisotopic (exact) mass is 344 g/mol. The van der Waals surface area contributed by atoms with Gasteiger partial charge in [-0.2, -0.15) is 0 Å². The highest BCUT2D eigenvalue weighted by Crippen LogP contribution is 2.19. The number of likely N-dealkylation sites (N-methyl/N-ethyl adjacent to an activating group) is 1. The van der Waals surface area contributed by atoms with Gasteiger partial charge in [-0.1, -0.05) is 42.6 Å². The minimum atomic E-state index is -0.186. The summed E-state index contributed by atoms with van der Waals surface area (Å²) in [6, 6.07) is 5.33. The van der Waals surface area contributed by atoms with E-state index in [0.717, 1.165) is 16.6 Å². The van der Waals surface area contributed by atoms with E-state index in [2.05, 4.69) is 54.1 Å². The maximum atomic E-state index is 13.2. The van der Waals surface area contributed by atoms with E-state index >= 15 is 0 Å². The van der Waals surface area contributed by atoms with Crippen LogP contribution in [-0.4, -0.2) is 31.6 Å². The van der Waals surface area contributed by atoms with Crippen LogP contribution in [0, 0.1) is 11.7 Å². The molecule has 0 saturated heterocycles. The molecule has 1 rings (SSSR count). The molecule has 2 nitrogen and oxygen atoms in total. The summed E-state index contributed by atoms with van der Waals surface area (Å²) in [6.45, 7) is 6.09. The molecule has 0 aliphatic rings. The molecule has 1 N–H and O–H groups in total. The van der Waals surface area contributed by atoms with Crippen molar-refractivity contribution >= 4 is 15.9 Å². The van der Waals surface area contributed by atoms with Crippen LogP contribution in [0.5, 0.6) is 0 Å². The number of nitrogens with zero attached hydrogens (tertiary/aromatic N) is 1. The standard InChI is InChI=1S/C16H26BrFN2/c1-5-12(6-2)16(20(3)4)11-19-10-13-9-14(18)7-8-15(13)17/h7-9,12,16,19H,5-6,10-11H2,1-4H3. The minimum Gasteiger partial charge on any atom is -0.311 e. The van der Waals surface area contributed by atoms with Gasteiger partial charge in [-0.3, -0.25) is 0 Å². The molecular formula is C16H26BrFN2. The molecular weight excluding hydrogens is 319 g/mol. The predicted molar refractivity (Wildman–Crippen MR) is 87.4 cm³/mol. The predicted octanol–water partition coefficient (Wildman–Crippen LogP) is 4.04. The first-order valence-electron chi connectivity index (χ1n) is 7.30. The molecule has 0 aliphatic heterocycles. The molecule has 0 heterocycles. The van der Waals surface area contributed by atoms with Gasteiger partial charge < -0.3 is 10.2 Å². The Morgan fingerprint density at radius 2 is 1.90 bits per heavy atom. The summed E-state index contributed by atoms with van der Waals surface area (Å²) in [5.41, 5.74) is 0.965. The molecule has 20 heavy (non-hydrogen) atoms. The molecule has 0 radical (unpaired) electrons. The fourth-order valence-electron chi connectivity index (χ4n) is 2.64. The Kier molecular flexibility index (Phi) is 7.70. The van der Waals surface area contributed by atoms with E-state index in [1.807, 2.05) is 0 Å². The third kappa shape index (κ3) is 5.15. The van der Waals surface area contributed by atoms with E-state index in [0.29, 0.717) is 18.5 Å². The average molecular weight is 345 g/mol. The quantitative estimate of drug-likeness (QED) is 0.765. The molecule has 0 amide bonds. The van der Waals surface area contributed by atoms with Crippen molar-refractivity contribution in [3.63, 3.8) is 0 Å². The zero-order valence-electron chi connectivity index (χ0n) is 12.9. The van der Waals surface area contributed by atoms with E-state index in [1.165, 1.54) is 18.9 Å².